The number of aliphatic carboxylic acids is 1. The summed E-state index contributed by atoms with van der Waals surface area (Å²) in [4.78, 5) is 39.2. The second-order valence-electron chi connectivity index (χ2n) is 7.80. The number of fused-ring (bicyclic) bond motifs is 1. The molecule has 1 aromatic heterocycles. The van der Waals surface area contributed by atoms with Crippen LogP contribution >= 0.6 is 11.8 Å². The minimum Gasteiger partial charge on any atom is -0.480 e. The Kier molecular flexibility index (Phi) is 8.63. The number of carbonyl (C=O) groups excluding carboxylic acids is 1. The lowest BCUT2D eigenvalue weighted by molar-refractivity contribution is -0.387. The molecular weight excluding hydrogens is 458 g/mol. The zero-order valence-corrected chi connectivity index (χ0v) is 19.2. The molecule has 2 aromatic carbocycles. The van der Waals surface area contributed by atoms with E-state index < -0.39 is 28.9 Å². The van der Waals surface area contributed by atoms with Gasteiger partial charge in [-0.3, -0.25) is 14.9 Å². The number of carbonyl (C=O) groups is 2. The number of nitro groups is 1. The third kappa shape index (κ3) is 6.13. The van der Waals surface area contributed by atoms with Crippen LogP contribution in [0.15, 0.2) is 58.5 Å². The molecule has 0 aliphatic rings. The molecule has 34 heavy (non-hydrogen) atoms. The summed E-state index contributed by atoms with van der Waals surface area (Å²) >= 11 is 1.15. The van der Waals surface area contributed by atoms with Crippen LogP contribution < -0.4 is 16.8 Å². The maximum absolute atomic E-state index is 12.5. The van der Waals surface area contributed by atoms with Gasteiger partial charge in [0, 0.05) is 23.4 Å². The van der Waals surface area contributed by atoms with Crippen LogP contribution in [0.5, 0.6) is 0 Å². The average Bonchev–Trinajstić information content (AvgIpc) is 3.15. The van der Waals surface area contributed by atoms with Crippen LogP contribution in [0.3, 0.4) is 0 Å². The van der Waals surface area contributed by atoms with Gasteiger partial charge in [0.1, 0.15) is 6.04 Å². The number of H-pyrrole nitrogens is 1. The van der Waals surface area contributed by atoms with Gasteiger partial charge in [-0.05, 0) is 37.1 Å². The summed E-state index contributed by atoms with van der Waals surface area (Å²) in [6.07, 6.45) is 1.78. The molecule has 0 aliphatic heterocycles. The fraction of sp³-hybridized carbons (Fsp3) is 0.304. The van der Waals surface area contributed by atoms with Crippen molar-refractivity contribution < 1.29 is 19.6 Å². The number of carboxylic acid groups (broad SMARTS) is 1. The lowest BCUT2D eigenvalue weighted by Gasteiger charge is -2.18. The Morgan fingerprint density at radius 2 is 1.85 bits per heavy atom. The van der Waals surface area contributed by atoms with Crippen LogP contribution in [-0.4, -0.2) is 45.5 Å². The van der Waals surface area contributed by atoms with Gasteiger partial charge in [-0.15, -0.1) is 0 Å². The molecule has 2 atom stereocenters. The molecule has 7 N–H and O–H groups in total. The SMILES string of the molecule is NCCCC[C@H](N)C(=O)N[C@@H](Cc1c(Sc2ccccc2[N+](=O)[O-])[nH]c2ccccc12)C(=O)O. The molecule has 0 spiro atoms. The number of amides is 1. The Hall–Kier alpha value is -3.41. The topological polar surface area (TPSA) is 177 Å². The highest BCUT2D eigenvalue weighted by Gasteiger charge is 2.27. The number of nitrogens with two attached hydrogens (primary N) is 2. The van der Waals surface area contributed by atoms with E-state index in [0.717, 1.165) is 29.1 Å². The van der Waals surface area contributed by atoms with E-state index in [-0.39, 0.29) is 12.1 Å². The summed E-state index contributed by atoms with van der Waals surface area (Å²) in [5, 5.41) is 25.1. The van der Waals surface area contributed by atoms with E-state index in [1.807, 2.05) is 24.3 Å². The van der Waals surface area contributed by atoms with Gasteiger partial charge >= 0.3 is 5.97 Å². The van der Waals surface area contributed by atoms with Crippen molar-refractivity contribution in [3.63, 3.8) is 0 Å². The van der Waals surface area contributed by atoms with Crippen molar-refractivity contribution in [3.8, 4) is 0 Å². The van der Waals surface area contributed by atoms with Gasteiger partial charge in [-0.2, -0.15) is 0 Å². The first kappa shape index (κ1) is 25.2. The zero-order chi connectivity index (χ0) is 24.7. The number of benzene rings is 2. The predicted molar refractivity (Wildman–Crippen MR) is 130 cm³/mol. The summed E-state index contributed by atoms with van der Waals surface area (Å²) in [7, 11) is 0. The van der Waals surface area contributed by atoms with Gasteiger partial charge < -0.3 is 26.9 Å². The monoisotopic (exact) mass is 485 g/mol. The molecular formula is C23H27N5O5S. The number of nitrogens with zero attached hydrogens (tertiary/aromatic N) is 1. The Bertz CT molecular complexity index is 1180. The lowest BCUT2D eigenvalue weighted by Crippen LogP contribution is -2.49. The van der Waals surface area contributed by atoms with Gasteiger partial charge in [0.2, 0.25) is 5.91 Å². The number of rotatable bonds is 12. The van der Waals surface area contributed by atoms with Crippen LogP contribution in [0.4, 0.5) is 5.69 Å². The summed E-state index contributed by atoms with van der Waals surface area (Å²) in [6, 6.07) is 11.6. The molecule has 3 aromatic rings. The molecule has 0 saturated heterocycles. The number of para-hydroxylation sites is 2. The first-order chi connectivity index (χ1) is 16.3. The summed E-state index contributed by atoms with van der Waals surface area (Å²) in [6.45, 7) is 0.493. The van der Waals surface area contributed by atoms with Crippen molar-refractivity contribution >= 4 is 40.2 Å². The highest BCUT2D eigenvalue weighted by atomic mass is 32.2. The van der Waals surface area contributed by atoms with E-state index in [0.29, 0.717) is 34.9 Å². The van der Waals surface area contributed by atoms with E-state index in [1.165, 1.54) is 6.07 Å². The number of hydrogen-bond donors (Lipinski definition) is 5. The van der Waals surface area contributed by atoms with E-state index in [9.17, 15) is 24.8 Å². The van der Waals surface area contributed by atoms with Crippen molar-refractivity contribution in [2.45, 2.75) is 47.7 Å². The number of unbranched alkanes of at least 4 members (excludes halogenated alkanes) is 1. The molecule has 0 fully saturated rings. The van der Waals surface area contributed by atoms with E-state index >= 15 is 0 Å². The molecule has 1 heterocycles. The molecule has 11 heteroatoms. The number of carboxylic acids is 1. The molecule has 0 unspecified atom stereocenters. The average molecular weight is 486 g/mol. The second kappa shape index (κ2) is 11.6. The second-order valence-corrected chi connectivity index (χ2v) is 8.85. The van der Waals surface area contributed by atoms with Crippen molar-refractivity contribution in [3.05, 3.63) is 64.2 Å². The number of aromatic nitrogens is 1. The van der Waals surface area contributed by atoms with Gasteiger partial charge in [0.25, 0.3) is 5.69 Å². The molecule has 0 bridgehead atoms. The maximum atomic E-state index is 12.5. The normalized spacial score (nSPS) is 12.9. The summed E-state index contributed by atoms with van der Waals surface area (Å²) < 4.78 is 0. The molecule has 3 rings (SSSR count). The van der Waals surface area contributed by atoms with Crippen LogP contribution in [0.2, 0.25) is 0 Å². The highest BCUT2D eigenvalue weighted by molar-refractivity contribution is 7.99. The fourth-order valence-electron chi connectivity index (χ4n) is 3.59. The maximum Gasteiger partial charge on any atom is 0.326 e. The van der Waals surface area contributed by atoms with Gasteiger partial charge in [-0.25, -0.2) is 4.79 Å². The number of hydrogen-bond acceptors (Lipinski definition) is 7. The third-order valence-electron chi connectivity index (χ3n) is 5.38. The van der Waals surface area contributed by atoms with Crippen molar-refractivity contribution in [1.82, 2.24) is 10.3 Å². The van der Waals surface area contributed by atoms with Crippen LogP contribution in [0, 0.1) is 10.1 Å². The first-order valence-electron chi connectivity index (χ1n) is 10.8. The molecule has 0 saturated carbocycles. The summed E-state index contributed by atoms with van der Waals surface area (Å²) in [5.74, 6) is -1.74. The Balaban J connectivity index is 1.89. The van der Waals surface area contributed by atoms with Gasteiger partial charge in [0.15, 0.2) is 0 Å². The molecule has 0 aliphatic carbocycles. The Morgan fingerprint density at radius 3 is 2.56 bits per heavy atom. The number of nitro benzene ring substituents is 1. The minimum absolute atomic E-state index is 0.0242. The van der Waals surface area contributed by atoms with Crippen LogP contribution in [0.25, 0.3) is 10.9 Å². The highest BCUT2D eigenvalue weighted by Crippen LogP contribution is 2.39. The van der Waals surface area contributed by atoms with Crippen molar-refractivity contribution in [2.75, 3.05) is 6.54 Å². The summed E-state index contributed by atoms with van der Waals surface area (Å²) in [5.41, 5.74) is 12.7. The fourth-order valence-corrected chi connectivity index (χ4v) is 4.68. The largest absolute Gasteiger partial charge is 0.480 e. The molecule has 180 valence electrons. The number of nitrogens with one attached hydrogen (secondary N) is 2. The number of aromatic amines is 1. The minimum atomic E-state index is -1.22. The van der Waals surface area contributed by atoms with Crippen LogP contribution in [-0.2, 0) is 16.0 Å². The predicted octanol–water partition coefficient (Wildman–Crippen LogP) is 2.80. The first-order valence-corrected chi connectivity index (χ1v) is 11.6. The lowest BCUT2D eigenvalue weighted by atomic mass is 10.0. The van der Waals surface area contributed by atoms with Crippen molar-refractivity contribution in [1.29, 1.82) is 0 Å². The smallest absolute Gasteiger partial charge is 0.326 e. The Morgan fingerprint density at radius 1 is 1.15 bits per heavy atom. The quantitative estimate of drug-likeness (QED) is 0.148. The van der Waals surface area contributed by atoms with Crippen molar-refractivity contribution in [2.24, 2.45) is 11.5 Å². The standard InChI is InChI=1S/C23H27N5O5S/c24-12-6-5-8-16(25)21(29)26-18(23(30)31)13-15-14-7-1-2-9-17(14)27-22(15)34-20-11-4-3-10-19(20)28(32)33/h1-4,7,9-11,16,18,27H,5-6,8,12-13,24-25H2,(H,26,29)(H,30,31)/t16-,18-/m0/s1. The Labute approximate surface area is 200 Å². The van der Waals surface area contributed by atoms with E-state index in [2.05, 4.69) is 10.3 Å². The third-order valence-corrected chi connectivity index (χ3v) is 6.50. The van der Waals surface area contributed by atoms with Crippen LogP contribution in [0.1, 0.15) is 24.8 Å². The molecule has 10 nitrogen and oxygen atoms in total. The molecule has 1 amide bonds. The molecule has 0 radical (unpaired) electrons. The van der Waals surface area contributed by atoms with E-state index in [4.69, 9.17) is 11.5 Å². The van der Waals surface area contributed by atoms with Gasteiger partial charge in [-0.1, -0.05) is 48.5 Å². The van der Waals surface area contributed by atoms with Gasteiger partial charge in [0.05, 0.1) is 20.9 Å². The van der Waals surface area contributed by atoms with E-state index in [1.54, 1.807) is 18.2 Å². The zero-order valence-electron chi connectivity index (χ0n) is 18.4.